The molecular formula is C19H39KO4S. The zero-order valence-electron chi connectivity index (χ0n) is 16.8. The second-order valence-corrected chi connectivity index (χ2v) is 8.66. The maximum atomic E-state index is 11.3. The average Bonchev–Trinajstić information content (AvgIpc) is 2.52. The van der Waals surface area contributed by atoms with E-state index in [1.807, 2.05) is 6.92 Å². The van der Waals surface area contributed by atoms with Gasteiger partial charge in [0.2, 0.25) is 0 Å². The largest absolute Gasteiger partial charge is 1.00 e. The van der Waals surface area contributed by atoms with E-state index in [1.165, 1.54) is 51.4 Å². The molecule has 0 aliphatic carbocycles. The van der Waals surface area contributed by atoms with Crippen LogP contribution < -0.4 is 51.4 Å². The van der Waals surface area contributed by atoms with Crippen molar-refractivity contribution in [3.8, 4) is 0 Å². The van der Waals surface area contributed by atoms with E-state index in [2.05, 4.69) is 6.92 Å². The molecule has 146 valence electrons. The molecule has 0 fully saturated rings. The molecule has 25 heavy (non-hydrogen) atoms. The van der Waals surface area contributed by atoms with E-state index in [1.54, 1.807) is 0 Å². The van der Waals surface area contributed by atoms with Crippen molar-refractivity contribution in [3.63, 3.8) is 0 Å². The second kappa shape index (κ2) is 18.9. The molecule has 0 bridgehead atoms. The van der Waals surface area contributed by atoms with Gasteiger partial charge in [0.05, 0.1) is 11.4 Å². The summed E-state index contributed by atoms with van der Waals surface area (Å²) in [5.74, 6) is 0. The van der Waals surface area contributed by atoms with Crippen LogP contribution in [0.4, 0.5) is 0 Å². The molecular weight excluding hydrogens is 363 g/mol. The molecule has 0 amide bonds. The number of hydrogen-bond acceptors (Lipinski definition) is 4. The number of rotatable bonds is 17. The molecule has 0 saturated carbocycles. The van der Waals surface area contributed by atoms with Crippen molar-refractivity contribution in [3.05, 3.63) is 0 Å². The minimum atomic E-state index is -4.41. The summed E-state index contributed by atoms with van der Waals surface area (Å²) in [7, 11) is -4.41. The maximum absolute atomic E-state index is 11.3. The van der Waals surface area contributed by atoms with Crippen LogP contribution in [0.3, 0.4) is 0 Å². The number of unbranched alkanes of at least 4 members (excludes halogenated alkanes) is 11. The molecule has 0 aliphatic heterocycles. The van der Waals surface area contributed by atoms with E-state index in [0.29, 0.717) is 19.3 Å². The molecule has 4 nitrogen and oxygen atoms in total. The van der Waals surface area contributed by atoms with Crippen molar-refractivity contribution in [1.82, 2.24) is 0 Å². The zero-order chi connectivity index (χ0) is 18.3. The summed E-state index contributed by atoms with van der Waals surface area (Å²) < 4.78 is 34.0. The van der Waals surface area contributed by atoms with Crippen LogP contribution in [0.5, 0.6) is 0 Å². The van der Waals surface area contributed by atoms with Crippen molar-refractivity contribution in [2.75, 3.05) is 0 Å². The van der Waals surface area contributed by atoms with Crippen molar-refractivity contribution in [2.45, 2.75) is 122 Å². The van der Waals surface area contributed by atoms with E-state index >= 15 is 0 Å². The standard InChI is InChI=1S/C19H40O4S.K/c1-3-5-7-8-9-10-11-12-13-14-15-17-19(24(21,22)23)18(20)16-6-4-2;/h18-20H,3-17H2,1-2H3,(H,21,22,23);/q;+1/p-1. The molecule has 2 atom stereocenters. The zero-order valence-corrected chi connectivity index (χ0v) is 20.8. The second-order valence-electron chi connectivity index (χ2n) is 7.07. The minimum absolute atomic E-state index is 0. The molecule has 0 rings (SSSR count). The topological polar surface area (TPSA) is 77.4 Å². The van der Waals surface area contributed by atoms with Gasteiger partial charge in [0.15, 0.2) is 0 Å². The van der Waals surface area contributed by atoms with E-state index < -0.39 is 21.5 Å². The van der Waals surface area contributed by atoms with Gasteiger partial charge in [0.1, 0.15) is 10.1 Å². The predicted octanol–water partition coefficient (Wildman–Crippen LogP) is 2.16. The molecule has 0 aromatic carbocycles. The molecule has 2 unspecified atom stereocenters. The fourth-order valence-electron chi connectivity index (χ4n) is 3.14. The molecule has 0 heterocycles. The summed E-state index contributed by atoms with van der Waals surface area (Å²) >= 11 is 0. The van der Waals surface area contributed by atoms with Gasteiger partial charge in [0, 0.05) is 0 Å². The maximum Gasteiger partial charge on any atom is 1.00 e. The fraction of sp³-hybridized carbons (Fsp3) is 1.00. The summed E-state index contributed by atoms with van der Waals surface area (Å²) in [5, 5.41) is 8.84. The minimum Gasteiger partial charge on any atom is -0.748 e. The summed E-state index contributed by atoms with van der Waals surface area (Å²) in [4.78, 5) is 0. The molecule has 0 saturated heterocycles. The van der Waals surface area contributed by atoms with Gasteiger partial charge in [-0.15, -0.1) is 0 Å². The SMILES string of the molecule is CCCCCCCCCCCCCC(C(O)CCCC)S(=O)(=O)[O-].[K+]. The van der Waals surface area contributed by atoms with Crippen molar-refractivity contribution in [1.29, 1.82) is 0 Å². The normalized spacial score (nSPS) is 14.1. The van der Waals surface area contributed by atoms with Crippen LogP contribution in [0.25, 0.3) is 0 Å². The van der Waals surface area contributed by atoms with Crippen LogP contribution in [-0.2, 0) is 10.1 Å². The Morgan fingerprint density at radius 1 is 0.720 bits per heavy atom. The van der Waals surface area contributed by atoms with Crippen LogP contribution in [0.15, 0.2) is 0 Å². The predicted molar refractivity (Wildman–Crippen MR) is 100 cm³/mol. The molecule has 0 aromatic heterocycles. The van der Waals surface area contributed by atoms with Gasteiger partial charge in [-0.3, -0.25) is 0 Å². The Morgan fingerprint density at radius 2 is 1.12 bits per heavy atom. The smallest absolute Gasteiger partial charge is 0.748 e. The Balaban J connectivity index is 0. The molecule has 6 heteroatoms. The Morgan fingerprint density at radius 3 is 1.52 bits per heavy atom. The number of aliphatic hydroxyl groups excluding tert-OH is 1. The van der Waals surface area contributed by atoms with E-state index in [9.17, 15) is 18.1 Å². The van der Waals surface area contributed by atoms with Gasteiger partial charge in [-0.2, -0.15) is 0 Å². The number of aliphatic hydroxyl groups is 1. The van der Waals surface area contributed by atoms with E-state index in [0.717, 1.165) is 25.7 Å². The van der Waals surface area contributed by atoms with Crippen molar-refractivity contribution >= 4 is 10.1 Å². The number of hydrogen-bond donors (Lipinski definition) is 1. The molecule has 0 aromatic rings. The van der Waals surface area contributed by atoms with Crippen LogP contribution >= 0.6 is 0 Å². The fourth-order valence-corrected chi connectivity index (χ4v) is 4.11. The first-order valence-electron chi connectivity index (χ1n) is 10.1. The molecule has 0 spiro atoms. The van der Waals surface area contributed by atoms with Gasteiger partial charge < -0.3 is 9.66 Å². The third-order valence-corrected chi connectivity index (χ3v) is 6.04. The van der Waals surface area contributed by atoms with E-state index in [4.69, 9.17) is 0 Å². The Bertz CT molecular complexity index is 374. The van der Waals surface area contributed by atoms with E-state index in [-0.39, 0.29) is 51.4 Å². The quantitative estimate of drug-likeness (QED) is 0.230. The summed E-state index contributed by atoms with van der Waals surface area (Å²) in [6.07, 6.45) is 14.4. The molecule has 0 radical (unpaired) electrons. The first-order chi connectivity index (χ1) is 11.4. The van der Waals surface area contributed by atoms with Crippen LogP contribution in [0, 0.1) is 0 Å². The Kier molecular flexibility index (Phi) is 21.7. The monoisotopic (exact) mass is 402 g/mol. The Labute approximate surface area is 199 Å². The third-order valence-electron chi connectivity index (χ3n) is 4.75. The van der Waals surface area contributed by atoms with Gasteiger partial charge >= 0.3 is 51.4 Å². The summed E-state index contributed by atoms with van der Waals surface area (Å²) in [6, 6.07) is 0. The van der Waals surface area contributed by atoms with Crippen LogP contribution in [0.2, 0.25) is 0 Å². The average molecular weight is 403 g/mol. The van der Waals surface area contributed by atoms with Gasteiger partial charge in [-0.1, -0.05) is 97.3 Å². The van der Waals surface area contributed by atoms with Gasteiger partial charge in [-0.05, 0) is 12.8 Å². The first-order valence-corrected chi connectivity index (χ1v) is 11.5. The Hall–Kier alpha value is 1.51. The molecule has 1 N–H and O–H groups in total. The van der Waals surface area contributed by atoms with Gasteiger partial charge in [0.25, 0.3) is 0 Å². The van der Waals surface area contributed by atoms with Crippen molar-refractivity contribution < 1.29 is 69.5 Å². The third kappa shape index (κ3) is 17.3. The van der Waals surface area contributed by atoms with Crippen molar-refractivity contribution in [2.24, 2.45) is 0 Å². The molecule has 0 aliphatic rings. The van der Waals surface area contributed by atoms with Crippen LogP contribution in [0.1, 0.15) is 110 Å². The van der Waals surface area contributed by atoms with Gasteiger partial charge in [-0.25, -0.2) is 8.42 Å². The summed E-state index contributed by atoms with van der Waals surface area (Å²) in [5.41, 5.74) is 0. The van der Waals surface area contributed by atoms with Crippen LogP contribution in [-0.4, -0.2) is 29.4 Å². The first kappa shape index (κ1) is 28.7. The summed E-state index contributed by atoms with van der Waals surface area (Å²) in [6.45, 7) is 4.21.